The van der Waals surface area contributed by atoms with Crippen LogP contribution in [0.1, 0.15) is 21.5 Å². The lowest BCUT2D eigenvalue weighted by Gasteiger charge is -2.09. The Morgan fingerprint density at radius 2 is 1.85 bits per heavy atom. The van der Waals surface area contributed by atoms with Crippen LogP contribution in [0.25, 0.3) is 0 Å². The summed E-state index contributed by atoms with van der Waals surface area (Å²) in [6.45, 7) is 0.328. The Morgan fingerprint density at radius 3 is 2.56 bits per heavy atom. The van der Waals surface area contributed by atoms with Gasteiger partial charge in [0.2, 0.25) is 0 Å². The Balaban J connectivity index is 1.72. The van der Waals surface area contributed by atoms with Gasteiger partial charge in [0.05, 0.1) is 16.3 Å². The number of carboxylic acids is 1. The molecule has 0 aliphatic heterocycles. The number of hydrogen-bond donors (Lipinski definition) is 1. The van der Waals surface area contributed by atoms with Crippen LogP contribution >= 0.6 is 27.5 Å². The average molecular weight is 445 g/mol. The van der Waals surface area contributed by atoms with Crippen molar-refractivity contribution in [3.8, 4) is 5.75 Å². The van der Waals surface area contributed by atoms with Crippen molar-refractivity contribution in [1.82, 2.24) is 0 Å². The molecule has 0 saturated heterocycles. The highest BCUT2D eigenvalue weighted by Gasteiger charge is 2.04. The molecule has 0 amide bonds. The minimum atomic E-state index is -0.947. The first kappa shape index (κ1) is 19.1. The third-order valence-corrected chi connectivity index (χ3v) is 5.00. The highest BCUT2D eigenvalue weighted by Crippen LogP contribution is 2.27. The van der Waals surface area contributed by atoms with Crippen LogP contribution in [-0.4, -0.2) is 17.3 Å². The van der Waals surface area contributed by atoms with Crippen LogP contribution in [0, 0.1) is 0 Å². The number of aromatic carboxylic acids is 1. The first-order valence-electron chi connectivity index (χ1n) is 8.06. The Kier molecular flexibility index (Phi) is 6.27. The van der Waals surface area contributed by atoms with Crippen LogP contribution in [0.5, 0.6) is 5.75 Å². The molecule has 0 aromatic heterocycles. The number of aliphatic imine (C=N–C) groups is 1. The number of halogens is 2. The summed E-state index contributed by atoms with van der Waals surface area (Å²) in [5, 5.41) is 9.54. The van der Waals surface area contributed by atoms with Crippen LogP contribution in [0.3, 0.4) is 0 Å². The van der Waals surface area contributed by atoms with E-state index in [-0.39, 0.29) is 5.56 Å². The Labute approximate surface area is 170 Å². The molecule has 3 aromatic rings. The van der Waals surface area contributed by atoms with Gasteiger partial charge in [-0.25, -0.2) is 4.79 Å². The molecule has 0 unspecified atom stereocenters. The minimum Gasteiger partial charge on any atom is -0.488 e. The van der Waals surface area contributed by atoms with Crippen LogP contribution < -0.4 is 4.74 Å². The van der Waals surface area contributed by atoms with Crippen molar-refractivity contribution in [1.29, 1.82) is 0 Å². The van der Waals surface area contributed by atoms with Crippen LogP contribution in [-0.2, 0) is 6.61 Å². The molecule has 0 heterocycles. The highest BCUT2D eigenvalue weighted by atomic mass is 79.9. The van der Waals surface area contributed by atoms with E-state index in [1.54, 1.807) is 36.5 Å². The van der Waals surface area contributed by atoms with E-state index in [4.69, 9.17) is 21.4 Å². The number of hydrogen-bond acceptors (Lipinski definition) is 3. The fourth-order valence-corrected chi connectivity index (χ4v) is 2.75. The van der Waals surface area contributed by atoms with Crippen molar-refractivity contribution in [2.24, 2.45) is 4.99 Å². The van der Waals surface area contributed by atoms with Gasteiger partial charge in [0.1, 0.15) is 12.4 Å². The Bertz CT molecular complexity index is 987. The van der Waals surface area contributed by atoms with Gasteiger partial charge in [-0.05, 0) is 64.0 Å². The van der Waals surface area contributed by atoms with Crippen LogP contribution in [0.4, 0.5) is 5.69 Å². The molecule has 0 radical (unpaired) electrons. The zero-order chi connectivity index (χ0) is 19.2. The van der Waals surface area contributed by atoms with Gasteiger partial charge in [-0.2, -0.15) is 0 Å². The standard InChI is InChI=1S/C21H15BrClNO3/c22-18-10-9-17(11-19(18)23)24-12-16-3-1-2-4-20(16)27-13-14-5-7-15(8-6-14)21(25)26/h1-12H,13H2,(H,25,26). The molecule has 6 heteroatoms. The van der Waals surface area contributed by atoms with Gasteiger partial charge < -0.3 is 9.84 Å². The lowest BCUT2D eigenvalue weighted by molar-refractivity contribution is 0.0697. The number of para-hydroxylation sites is 1. The normalized spacial score (nSPS) is 10.9. The molecule has 0 fully saturated rings. The number of benzene rings is 3. The summed E-state index contributed by atoms with van der Waals surface area (Å²) in [5.41, 5.74) is 2.70. The van der Waals surface area contributed by atoms with Gasteiger partial charge in [0, 0.05) is 16.3 Å². The Morgan fingerprint density at radius 1 is 1.11 bits per heavy atom. The number of ether oxygens (including phenoxy) is 1. The molecule has 0 bridgehead atoms. The van der Waals surface area contributed by atoms with Gasteiger partial charge in [-0.15, -0.1) is 0 Å². The number of nitrogens with zero attached hydrogens (tertiary/aromatic N) is 1. The zero-order valence-corrected chi connectivity index (χ0v) is 16.4. The van der Waals surface area contributed by atoms with E-state index in [9.17, 15) is 4.79 Å². The van der Waals surface area contributed by atoms with E-state index in [2.05, 4.69) is 20.9 Å². The quantitative estimate of drug-likeness (QED) is 0.465. The maximum Gasteiger partial charge on any atom is 0.335 e. The lowest BCUT2D eigenvalue weighted by Crippen LogP contribution is -2.00. The second kappa shape index (κ2) is 8.84. The summed E-state index contributed by atoms with van der Waals surface area (Å²) in [6.07, 6.45) is 1.72. The number of rotatable bonds is 6. The van der Waals surface area contributed by atoms with Crippen molar-refractivity contribution in [3.63, 3.8) is 0 Å². The fraction of sp³-hybridized carbons (Fsp3) is 0.0476. The molecule has 3 rings (SSSR count). The average Bonchev–Trinajstić information content (AvgIpc) is 2.68. The van der Waals surface area contributed by atoms with Gasteiger partial charge in [-0.3, -0.25) is 4.99 Å². The number of carbonyl (C=O) groups is 1. The first-order valence-corrected chi connectivity index (χ1v) is 9.23. The zero-order valence-electron chi connectivity index (χ0n) is 14.1. The number of carboxylic acid groups (broad SMARTS) is 1. The predicted molar refractivity (Wildman–Crippen MR) is 111 cm³/mol. The van der Waals surface area contributed by atoms with Crippen molar-refractivity contribution in [2.45, 2.75) is 6.61 Å². The van der Waals surface area contributed by atoms with E-state index in [0.717, 1.165) is 21.3 Å². The van der Waals surface area contributed by atoms with Crippen LogP contribution in [0.15, 0.2) is 76.2 Å². The molecule has 3 aromatic carbocycles. The maximum absolute atomic E-state index is 10.9. The molecular weight excluding hydrogens is 430 g/mol. The van der Waals surface area contributed by atoms with Crippen LogP contribution in [0.2, 0.25) is 5.02 Å². The van der Waals surface area contributed by atoms with E-state index < -0.39 is 5.97 Å². The summed E-state index contributed by atoms with van der Waals surface area (Å²) in [4.78, 5) is 15.4. The van der Waals surface area contributed by atoms with E-state index in [0.29, 0.717) is 17.4 Å². The van der Waals surface area contributed by atoms with Gasteiger partial charge in [-0.1, -0.05) is 35.9 Å². The molecule has 1 N–H and O–H groups in total. The van der Waals surface area contributed by atoms with Crippen molar-refractivity contribution in [2.75, 3.05) is 0 Å². The molecule has 0 spiro atoms. The lowest BCUT2D eigenvalue weighted by atomic mass is 10.1. The first-order chi connectivity index (χ1) is 13.0. The highest BCUT2D eigenvalue weighted by molar-refractivity contribution is 9.10. The predicted octanol–water partition coefficient (Wildman–Crippen LogP) is 6.13. The smallest absolute Gasteiger partial charge is 0.335 e. The van der Waals surface area contributed by atoms with Crippen molar-refractivity contribution < 1.29 is 14.6 Å². The monoisotopic (exact) mass is 443 g/mol. The molecular formula is C21H15BrClNO3. The summed E-state index contributed by atoms with van der Waals surface area (Å²) < 4.78 is 6.70. The topological polar surface area (TPSA) is 58.9 Å². The maximum atomic E-state index is 10.9. The second-order valence-electron chi connectivity index (χ2n) is 5.69. The molecule has 0 aliphatic rings. The van der Waals surface area contributed by atoms with Gasteiger partial charge in [0.25, 0.3) is 0 Å². The van der Waals surface area contributed by atoms with Crippen molar-refractivity contribution in [3.05, 3.63) is 92.9 Å². The fourth-order valence-electron chi connectivity index (χ4n) is 2.33. The Hall–Kier alpha value is -2.63. The third kappa shape index (κ3) is 5.18. The third-order valence-electron chi connectivity index (χ3n) is 3.77. The molecule has 0 atom stereocenters. The van der Waals surface area contributed by atoms with E-state index in [1.165, 1.54) is 0 Å². The molecule has 27 heavy (non-hydrogen) atoms. The summed E-state index contributed by atoms with van der Waals surface area (Å²) in [6, 6.07) is 19.6. The summed E-state index contributed by atoms with van der Waals surface area (Å²) in [5.74, 6) is -0.260. The van der Waals surface area contributed by atoms with E-state index in [1.807, 2.05) is 36.4 Å². The molecule has 136 valence electrons. The summed E-state index contributed by atoms with van der Waals surface area (Å²) >= 11 is 9.45. The molecule has 0 saturated carbocycles. The summed E-state index contributed by atoms with van der Waals surface area (Å²) in [7, 11) is 0. The van der Waals surface area contributed by atoms with E-state index >= 15 is 0 Å². The molecule has 0 aliphatic carbocycles. The minimum absolute atomic E-state index is 0.249. The van der Waals surface area contributed by atoms with Gasteiger partial charge in [0.15, 0.2) is 0 Å². The van der Waals surface area contributed by atoms with Gasteiger partial charge >= 0.3 is 5.97 Å². The SMILES string of the molecule is O=C(O)c1ccc(COc2ccccc2C=Nc2ccc(Br)c(Cl)c2)cc1. The largest absolute Gasteiger partial charge is 0.488 e. The second-order valence-corrected chi connectivity index (χ2v) is 6.95. The van der Waals surface area contributed by atoms with Crippen molar-refractivity contribution >= 4 is 45.4 Å². The molecule has 4 nitrogen and oxygen atoms in total.